The highest BCUT2D eigenvalue weighted by atomic mass is 35.5. The summed E-state index contributed by atoms with van der Waals surface area (Å²) < 4.78 is 24.3. The normalized spacial score (nSPS) is 15.4. The number of carbonyl (C=O) groups is 2. The number of hydrogen-bond acceptors (Lipinski definition) is 8. The molecule has 10 nitrogen and oxygen atoms in total. The Morgan fingerprint density at radius 3 is 2.47 bits per heavy atom. The lowest BCUT2D eigenvalue weighted by Gasteiger charge is -2.20. The number of amides is 1. The first kappa shape index (κ1) is 35.7. The van der Waals surface area contributed by atoms with E-state index in [-0.39, 0.29) is 12.3 Å². The van der Waals surface area contributed by atoms with Crippen LogP contribution in [0.1, 0.15) is 46.5 Å². The van der Waals surface area contributed by atoms with Crippen molar-refractivity contribution in [1.82, 2.24) is 25.3 Å². The fraction of sp³-hybridized carbons (Fsp3) is 0.577. The van der Waals surface area contributed by atoms with Crippen LogP contribution in [0.15, 0.2) is 51.9 Å². The Kier molecular flexibility index (Phi) is 17.7. The molecular weight excluding hydrogens is 528 g/mol. The van der Waals surface area contributed by atoms with Crippen molar-refractivity contribution in [3.8, 4) is 0 Å². The number of aldehydes is 1. The highest BCUT2D eigenvalue weighted by molar-refractivity contribution is 7.88. The van der Waals surface area contributed by atoms with Gasteiger partial charge in [0.25, 0.3) is 5.91 Å². The average Bonchev–Trinajstić information content (AvgIpc) is 2.86. The van der Waals surface area contributed by atoms with Crippen LogP contribution in [0.4, 0.5) is 0 Å². The molecule has 1 unspecified atom stereocenters. The van der Waals surface area contributed by atoms with Gasteiger partial charge < -0.3 is 15.5 Å². The SMILES string of the molecule is C=C/C(CN(C)C)=C(C(=O)NC1=CNN=C(C=O)C1)\C(Cl)=C/C.CCCN(CCCC(C)NC)S(C)(=O)=O. The molecule has 0 aliphatic carbocycles. The second-order valence-electron chi connectivity index (χ2n) is 9.12. The summed E-state index contributed by atoms with van der Waals surface area (Å²) in [6.45, 7) is 11.4. The summed E-state index contributed by atoms with van der Waals surface area (Å²) in [4.78, 5) is 25.3. The standard InChI is InChI=1S/C16H21ClN4O2.C10H24N2O2S/c1-5-11(9-21(3)4)15(14(17)6-2)16(23)19-12-7-13(10-22)20-18-8-12;1-5-8-12(15(4,13)14)9-6-7-10(2)11-3/h5-6,8,10,18H,1,7,9H2,2-4H3,(H,19,23);10-11H,5-9H2,1-4H3/b14-6+,15-11-;. The molecule has 0 radical (unpaired) electrons. The average molecular weight is 573 g/mol. The molecule has 0 aromatic rings. The first-order valence-electron chi connectivity index (χ1n) is 12.6. The monoisotopic (exact) mass is 572 g/mol. The third-order valence-corrected chi connectivity index (χ3v) is 7.19. The molecule has 1 atom stereocenters. The molecule has 0 saturated heterocycles. The molecule has 0 aromatic heterocycles. The van der Waals surface area contributed by atoms with Crippen molar-refractivity contribution >= 4 is 39.5 Å². The number of nitrogens with one attached hydrogen (secondary N) is 3. The van der Waals surface area contributed by atoms with E-state index in [4.69, 9.17) is 11.6 Å². The molecule has 0 saturated carbocycles. The molecule has 38 heavy (non-hydrogen) atoms. The van der Waals surface area contributed by atoms with Crippen LogP contribution in [-0.4, -0.2) is 88.6 Å². The molecule has 1 aliphatic heterocycles. The molecule has 0 aromatic carbocycles. The van der Waals surface area contributed by atoms with Gasteiger partial charge >= 0.3 is 0 Å². The molecule has 0 spiro atoms. The number of allylic oxidation sites excluding steroid dienone is 2. The number of rotatable bonds is 15. The zero-order valence-electron chi connectivity index (χ0n) is 23.8. The molecule has 0 fully saturated rings. The maximum Gasteiger partial charge on any atom is 0.257 e. The number of carbonyl (C=O) groups excluding carboxylic acids is 2. The Hall–Kier alpha value is -2.31. The van der Waals surface area contributed by atoms with Crippen LogP contribution in [0.25, 0.3) is 0 Å². The van der Waals surface area contributed by atoms with E-state index in [0.29, 0.717) is 59.5 Å². The highest BCUT2D eigenvalue weighted by Gasteiger charge is 2.20. The zero-order valence-corrected chi connectivity index (χ0v) is 25.4. The summed E-state index contributed by atoms with van der Waals surface area (Å²) in [5.74, 6) is -0.356. The van der Waals surface area contributed by atoms with Crippen LogP contribution in [0, 0.1) is 0 Å². The van der Waals surface area contributed by atoms with Crippen LogP contribution >= 0.6 is 11.6 Å². The number of sulfonamides is 1. The van der Waals surface area contributed by atoms with Crippen LogP contribution in [0.2, 0.25) is 0 Å². The van der Waals surface area contributed by atoms with E-state index in [2.05, 4.69) is 34.7 Å². The van der Waals surface area contributed by atoms with Crippen molar-refractivity contribution < 1.29 is 18.0 Å². The van der Waals surface area contributed by atoms with Crippen molar-refractivity contribution in [1.29, 1.82) is 0 Å². The van der Waals surface area contributed by atoms with Crippen molar-refractivity contribution in [3.05, 3.63) is 46.8 Å². The fourth-order valence-corrected chi connectivity index (χ4v) is 4.57. The van der Waals surface area contributed by atoms with Gasteiger partial charge in [-0.3, -0.25) is 15.0 Å². The van der Waals surface area contributed by atoms with Crippen LogP contribution < -0.4 is 16.1 Å². The van der Waals surface area contributed by atoms with Gasteiger partial charge in [0.05, 0.1) is 11.8 Å². The molecule has 12 heteroatoms. The maximum absolute atomic E-state index is 12.6. The summed E-state index contributed by atoms with van der Waals surface area (Å²) >= 11 is 6.22. The van der Waals surface area contributed by atoms with E-state index in [0.717, 1.165) is 19.3 Å². The van der Waals surface area contributed by atoms with Gasteiger partial charge in [0.2, 0.25) is 10.0 Å². The van der Waals surface area contributed by atoms with E-state index >= 15 is 0 Å². The Morgan fingerprint density at radius 1 is 1.34 bits per heavy atom. The first-order valence-corrected chi connectivity index (χ1v) is 14.8. The molecule has 216 valence electrons. The number of hydrogen-bond donors (Lipinski definition) is 3. The van der Waals surface area contributed by atoms with E-state index in [1.165, 1.54) is 12.5 Å². The Labute approximate surface area is 234 Å². The molecule has 1 amide bonds. The summed E-state index contributed by atoms with van der Waals surface area (Å²) in [5.41, 5.74) is 4.50. The van der Waals surface area contributed by atoms with E-state index in [9.17, 15) is 18.0 Å². The van der Waals surface area contributed by atoms with Gasteiger partial charge in [0.1, 0.15) is 5.71 Å². The molecule has 1 aliphatic rings. The van der Waals surface area contributed by atoms with E-state index in [1.807, 2.05) is 33.0 Å². The van der Waals surface area contributed by atoms with E-state index in [1.54, 1.807) is 23.4 Å². The van der Waals surface area contributed by atoms with Gasteiger partial charge in [-0.2, -0.15) is 5.10 Å². The molecule has 0 bridgehead atoms. The topological polar surface area (TPSA) is 123 Å². The lowest BCUT2D eigenvalue weighted by Crippen LogP contribution is -2.32. The highest BCUT2D eigenvalue weighted by Crippen LogP contribution is 2.21. The summed E-state index contributed by atoms with van der Waals surface area (Å²) in [6, 6.07) is 0.452. The molecular formula is C26H45ClN6O4S. The second kappa shape index (κ2) is 18.9. The van der Waals surface area contributed by atoms with Gasteiger partial charge in [-0.1, -0.05) is 37.3 Å². The van der Waals surface area contributed by atoms with Crippen LogP contribution in [0.3, 0.4) is 0 Å². The van der Waals surface area contributed by atoms with E-state index < -0.39 is 10.0 Å². The second-order valence-corrected chi connectivity index (χ2v) is 11.5. The number of hydrazone groups is 1. The third kappa shape index (κ3) is 14.0. The van der Waals surface area contributed by atoms with Gasteiger partial charge in [0.15, 0.2) is 6.29 Å². The Bertz CT molecular complexity index is 1020. The third-order valence-electron chi connectivity index (χ3n) is 5.48. The van der Waals surface area contributed by atoms with Crippen LogP contribution in [0.5, 0.6) is 0 Å². The van der Waals surface area contributed by atoms with Gasteiger partial charge in [0, 0.05) is 49.0 Å². The summed E-state index contributed by atoms with van der Waals surface area (Å²) in [6.07, 6.45) is 9.77. The first-order chi connectivity index (χ1) is 17.8. The maximum atomic E-state index is 12.6. The smallest absolute Gasteiger partial charge is 0.257 e. The molecule has 1 rings (SSSR count). The number of nitrogens with zero attached hydrogens (tertiary/aromatic N) is 3. The lowest BCUT2D eigenvalue weighted by atomic mass is 10.1. The summed E-state index contributed by atoms with van der Waals surface area (Å²) in [7, 11) is 2.69. The summed E-state index contributed by atoms with van der Waals surface area (Å²) in [5, 5.41) is 10.0. The quantitative estimate of drug-likeness (QED) is 0.157. The fourth-order valence-electron chi connectivity index (χ4n) is 3.38. The molecule has 3 N–H and O–H groups in total. The largest absolute Gasteiger partial charge is 0.324 e. The zero-order chi connectivity index (χ0) is 29.3. The van der Waals surface area contributed by atoms with Crippen molar-refractivity contribution in [3.63, 3.8) is 0 Å². The predicted molar refractivity (Wildman–Crippen MR) is 157 cm³/mol. The van der Waals surface area contributed by atoms with Crippen LogP contribution in [-0.2, 0) is 19.6 Å². The van der Waals surface area contributed by atoms with Gasteiger partial charge in [-0.15, -0.1) is 0 Å². The minimum atomic E-state index is -3.02. The van der Waals surface area contributed by atoms with Gasteiger partial charge in [-0.25, -0.2) is 12.7 Å². The lowest BCUT2D eigenvalue weighted by molar-refractivity contribution is -0.116. The van der Waals surface area contributed by atoms with Crippen molar-refractivity contribution in [2.75, 3.05) is 47.0 Å². The number of likely N-dealkylation sites (N-methyl/N-ethyl adjacent to an activating group) is 1. The Balaban J connectivity index is 0.000000793. The molecule has 1 heterocycles. The van der Waals surface area contributed by atoms with Crippen molar-refractivity contribution in [2.45, 2.75) is 52.5 Å². The number of halogens is 1. The van der Waals surface area contributed by atoms with Gasteiger partial charge in [-0.05, 0) is 59.8 Å². The Morgan fingerprint density at radius 2 is 2.00 bits per heavy atom. The van der Waals surface area contributed by atoms with Crippen molar-refractivity contribution in [2.24, 2.45) is 5.10 Å². The minimum absolute atomic E-state index is 0.250. The predicted octanol–water partition coefficient (Wildman–Crippen LogP) is 2.73. The minimum Gasteiger partial charge on any atom is -0.324 e.